The van der Waals surface area contributed by atoms with E-state index in [2.05, 4.69) is 27.6 Å². The smallest absolute Gasteiger partial charge is 0.305 e. The molecule has 5 aromatic rings. The SMILES string of the molecule is COC(=O)CC[C@H](C)c1ccc(C(Nc2ccc3cc[nH]c(=O)c3c2)C(=O)N(C)Cc2cc(N=O)ccc2-c2c(C)noc2C)cc1C. The number of aryl methyl sites for hydroxylation is 3. The second kappa shape index (κ2) is 14.5. The summed E-state index contributed by atoms with van der Waals surface area (Å²) in [5, 5.41) is 11.9. The number of rotatable bonds is 12. The van der Waals surface area contributed by atoms with Gasteiger partial charge in [0.15, 0.2) is 0 Å². The molecule has 48 heavy (non-hydrogen) atoms. The molecule has 2 atom stereocenters. The van der Waals surface area contributed by atoms with Gasteiger partial charge in [-0.25, -0.2) is 0 Å². The number of hydrogen-bond acceptors (Lipinski definition) is 9. The molecule has 1 amide bonds. The Labute approximate surface area is 278 Å². The maximum atomic E-state index is 14.4. The van der Waals surface area contributed by atoms with Gasteiger partial charge >= 0.3 is 5.97 Å². The zero-order valence-electron chi connectivity index (χ0n) is 27.9. The van der Waals surface area contributed by atoms with Gasteiger partial charge in [-0.05, 0) is 102 Å². The quantitative estimate of drug-likeness (QED) is 0.105. The molecule has 0 bridgehead atoms. The van der Waals surface area contributed by atoms with Crippen LogP contribution in [0.4, 0.5) is 11.4 Å². The van der Waals surface area contributed by atoms with E-state index >= 15 is 0 Å². The number of nitroso groups, excluding NO2 is 1. The topological polar surface area (TPSA) is 147 Å². The van der Waals surface area contributed by atoms with Crippen molar-refractivity contribution >= 4 is 34.0 Å². The lowest BCUT2D eigenvalue weighted by Gasteiger charge is -2.27. The number of methoxy groups -OCH3 is 1. The molecule has 11 nitrogen and oxygen atoms in total. The van der Waals surface area contributed by atoms with Gasteiger partial charge in [0.05, 0.1) is 12.8 Å². The molecule has 2 N–H and O–H groups in total. The van der Waals surface area contributed by atoms with Crippen LogP contribution in [0.15, 0.2) is 81.4 Å². The molecule has 0 saturated heterocycles. The van der Waals surface area contributed by atoms with Crippen LogP contribution in [0.1, 0.15) is 65.4 Å². The highest BCUT2D eigenvalue weighted by atomic mass is 16.5. The molecule has 0 radical (unpaired) electrons. The molecular weight excluding hydrogens is 610 g/mol. The molecule has 0 aliphatic rings. The molecule has 11 heteroatoms. The average molecular weight is 650 g/mol. The van der Waals surface area contributed by atoms with Crippen LogP contribution in [-0.4, -0.2) is 41.1 Å². The number of H-pyrrole nitrogens is 1. The summed E-state index contributed by atoms with van der Waals surface area (Å²) in [7, 11) is 3.09. The Morgan fingerprint density at radius 3 is 2.54 bits per heavy atom. The maximum absolute atomic E-state index is 14.4. The Morgan fingerprint density at radius 2 is 1.85 bits per heavy atom. The molecule has 3 aromatic carbocycles. The van der Waals surface area contributed by atoms with Gasteiger partial charge in [-0.15, -0.1) is 4.91 Å². The van der Waals surface area contributed by atoms with Crippen LogP contribution in [-0.2, 0) is 20.9 Å². The number of fused-ring (bicyclic) bond motifs is 1. The minimum absolute atomic E-state index is 0.0941. The third-order valence-corrected chi connectivity index (χ3v) is 8.78. The maximum Gasteiger partial charge on any atom is 0.305 e. The number of hydrogen-bond donors (Lipinski definition) is 2. The average Bonchev–Trinajstić information content (AvgIpc) is 3.42. The molecule has 1 unspecified atom stereocenters. The first-order valence-electron chi connectivity index (χ1n) is 15.7. The summed E-state index contributed by atoms with van der Waals surface area (Å²) in [5.41, 5.74) is 6.37. The van der Waals surface area contributed by atoms with E-state index in [0.29, 0.717) is 40.9 Å². The van der Waals surface area contributed by atoms with Gasteiger partial charge in [-0.1, -0.05) is 42.4 Å². The second-order valence-corrected chi connectivity index (χ2v) is 12.1. The van der Waals surface area contributed by atoms with Crippen molar-refractivity contribution in [3.8, 4) is 11.1 Å². The molecule has 0 aliphatic carbocycles. The normalized spacial score (nSPS) is 12.4. The van der Waals surface area contributed by atoms with E-state index in [1.54, 1.807) is 42.4 Å². The summed E-state index contributed by atoms with van der Waals surface area (Å²) in [6.07, 6.45) is 2.54. The number of benzene rings is 3. The summed E-state index contributed by atoms with van der Waals surface area (Å²) < 4.78 is 10.2. The van der Waals surface area contributed by atoms with E-state index in [4.69, 9.17) is 9.26 Å². The summed E-state index contributed by atoms with van der Waals surface area (Å²) in [5.74, 6) is 0.223. The van der Waals surface area contributed by atoms with Crippen LogP contribution in [0.5, 0.6) is 0 Å². The lowest BCUT2D eigenvalue weighted by Crippen LogP contribution is -2.35. The fourth-order valence-corrected chi connectivity index (χ4v) is 6.18. The number of nitrogens with one attached hydrogen (secondary N) is 2. The Morgan fingerprint density at radius 1 is 1.06 bits per heavy atom. The number of pyridine rings is 1. The molecule has 248 valence electrons. The highest BCUT2D eigenvalue weighted by Crippen LogP contribution is 2.34. The van der Waals surface area contributed by atoms with Gasteiger partial charge in [0, 0.05) is 42.8 Å². The Kier molecular flexibility index (Phi) is 10.2. The fourth-order valence-electron chi connectivity index (χ4n) is 6.18. The van der Waals surface area contributed by atoms with E-state index < -0.39 is 6.04 Å². The van der Waals surface area contributed by atoms with Crippen LogP contribution in [0.2, 0.25) is 0 Å². The van der Waals surface area contributed by atoms with Crippen molar-refractivity contribution in [2.24, 2.45) is 5.18 Å². The number of aromatic nitrogens is 2. The van der Waals surface area contributed by atoms with Crippen LogP contribution in [0, 0.1) is 25.7 Å². The number of aromatic amines is 1. The van der Waals surface area contributed by atoms with Crippen molar-refractivity contribution in [1.29, 1.82) is 0 Å². The third kappa shape index (κ3) is 7.20. The number of ether oxygens (including phenoxy) is 1. The van der Waals surface area contributed by atoms with Gasteiger partial charge in [0.25, 0.3) is 5.56 Å². The number of carbonyl (C=O) groups excluding carboxylic acids is 2. The monoisotopic (exact) mass is 649 g/mol. The Bertz CT molecular complexity index is 2030. The molecule has 0 spiro atoms. The molecule has 0 aliphatic heterocycles. The van der Waals surface area contributed by atoms with Crippen molar-refractivity contribution in [1.82, 2.24) is 15.0 Å². The molecule has 5 rings (SSSR count). The number of carbonyl (C=O) groups is 2. The molecule has 2 aromatic heterocycles. The molecule has 0 fully saturated rings. The lowest BCUT2D eigenvalue weighted by atomic mass is 9.90. The van der Waals surface area contributed by atoms with Crippen molar-refractivity contribution in [2.75, 3.05) is 19.5 Å². The van der Waals surface area contributed by atoms with E-state index in [9.17, 15) is 19.3 Å². The first-order valence-corrected chi connectivity index (χ1v) is 15.7. The van der Waals surface area contributed by atoms with Crippen molar-refractivity contribution in [3.05, 3.63) is 116 Å². The predicted octanol–water partition coefficient (Wildman–Crippen LogP) is 7.37. The van der Waals surface area contributed by atoms with E-state index in [1.165, 1.54) is 7.11 Å². The predicted molar refractivity (Wildman–Crippen MR) is 185 cm³/mol. The largest absolute Gasteiger partial charge is 0.469 e. The third-order valence-electron chi connectivity index (χ3n) is 8.78. The number of amides is 1. The Balaban J connectivity index is 1.51. The Hall–Kier alpha value is -5.58. The van der Waals surface area contributed by atoms with Gasteiger partial charge in [0.2, 0.25) is 5.91 Å². The summed E-state index contributed by atoms with van der Waals surface area (Å²) in [6, 6.07) is 17.4. The lowest BCUT2D eigenvalue weighted by molar-refractivity contribution is -0.140. The highest BCUT2D eigenvalue weighted by Gasteiger charge is 2.27. The van der Waals surface area contributed by atoms with Gasteiger partial charge in [-0.3, -0.25) is 14.4 Å². The summed E-state index contributed by atoms with van der Waals surface area (Å²) in [4.78, 5) is 54.6. The van der Waals surface area contributed by atoms with Crippen LogP contribution >= 0.6 is 0 Å². The number of likely N-dealkylation sites (N-methyl/N-ethyl adjacent to an activating group) is 1. The molecular formula is C37H39N5O6. The molecule has 0 saturated carbocycles. The van der Waals surface area contributed by atoms with E-state index in [-0.39, 0.29) is 35.6 Å². The first kappa shape index (κ1) is 33.8. The van der Waals surface area contributed by atoms with Crippen LogP contribution in [0.25, 0.3) is 21.9 Å². The summed E-state index contributed by atoms with van der Waals surface area (Å²) in [6.45, 7) is 7.87. The van der Waals surface area contributed by atoms with Gasteiger partial charge in [-0.2, -0.15) is 0 Å². The fraction of sp³-hybridized carbons (Fsp3) is 0.297. The van der Waals surface area contributed by atoms with Gasteiger partial charge in [0.1, 0.15) is 17.5 Å². The standard InChI is InChI=1S/C37H39N5O6/c1-21(7-14-33(43)47-6)30-12-9-26(17-22(30)2)35(39-28-10-8-25-15-16-38-36(44)32(25)19-28)37(45)42(5)20-27-18-29(40-46)11-13-31(27)34-23(3)41-48-24(34)4/h8-13,15-19,21,35,39H,7,14,20H2,1-6H3,(H,38,44)/t21-,35?/m0/s1. The first-order chi connectivity index (χ1) is 23.0. The van der Waals surface area contributed by atoms with Gasteiger partial charge < -0.3 is 24.5 Å². The van der Waals surface area contributed by atoms with E-state index in [0.717, 1.165) is 33.2 Å². The highest BCUT2D eigenvalue weighted by molar-refractivity contribution is 5.89. The van der Waals surface area contributed by atoms with Crippen molar-refractivity contribution in [2.45, 2.75) is 59.0 Å². The van der Waals surface area contributed by atoms with Crippen molar-refractivity contribution in [3.63, 3.8) is 0 Å². The van der Waals surface area contributed by atoms with Crippen molar-refractivity contribution < 1.29 is 18.8 Å². The zero-order valence-corrected chi connectivity index (χ0v) is 27.9. The number of esters is 1. The van der Waals surface area contributed by atoms with Crippen LogP contribution in [0.3, 0.4) is 0 Å². The zero-order chi connectivity index (χ0) is 34.5. The number of anilines is 1. The minimum Gasteiger partial charge on any atom is -0.469 e. The summed E-state index contributed by atoms with van der Waals surface area (Å²) >= 11 is 0. The number of nitrogens with zero attached hydrogens (tertiary/aromatic N) is 3. The minimum atomic E-state index is -0.830. The van der Waals surface area contributed by atoms with Crippen LogP contribution < -0.4 is 10.9 Å². The molecule has 2 heterocycles. The van der Waals surface area contributed by atoms with E-state index in [1.807, 2.05) is 57.2 Å². The second-order valence-electron chi connectivity index (χ2n) is 12.1.